The number of piperazine rings is 1. The Morgan fingerprint density at radius 1 is 1.09 bits per heavy atom. The van der Waals surface area contributed by atoms with Crippen LogP contribution in [0.15, 0.2) is 57.2 Å². The van der Waals surface area contributed by atoms with Crippen LogP contribution in [-0.4, -0.2) is 72.3 Å². The number of nitrogens with zero attached hydrogens (tertiary/aromatic N) is 5. The fourth-order valence-electron chi connectivity index (χ4n) is 3.68. The van der Waals surface area contributed by atoms with Crippen LogP contribution in [0.4, 0.5) is 5.69 Å². The van der Waals surface area contributed by atoms with Crippen molar-refractivity contribution in [1.29, 1.82) is 0 Å². The zero-order valence-corrected chi connectivity index (χ0v) is 20.2. The van der Waals surface area contributed by atoms with E-state index in [1.807, 2.05) is 18.2 Å². The number of azo groups is 1. The number of amides is 1. The fraction of sp³-hybridized carbons (Fsp3) is 0.348. The van der Waals surface area contributed by atoms with Crippen molar-refractivity contribution in [2.24, 2.45) is 10.2 Å². The Morgan fingerprint density at radius 3 is 2.48 bits per heavy atom. The summed E-state index contributed by atoms with van der Waals surface area (Å²) in [5, 5.41) is 19.5. The Bertz CT molecular complexity index is 1150. The van der Waals surface area contributed by atoms with Crippen LogP contribution in [0.25, 0.3) is 10.9 Å². The molecule has 33 heavy (non-hydrogen) atoms. The summed E-state index contributed by atoms with van der Waals surface area (Å²) < 4.78 is 13.2. The molecule has 3 aromatic rings. The predicted molar refractivity (Wildman–Crippen MR) is 128 cm³/mol. The largest absolute Gasteiger partial charge is 0.497 e. The molecule has 0 spiro atoms. The standard InChI is InChI=1S/C23H26BrN5O4/c1-27-9-11-28(12-10-27)15-29-20-8-3-16(24)13-19(20)22(23(29)31)26-25-21(30)14-33-18-6-4-17(32-2)5-7-18/h3-8,13,31H,9-12,14-15H2,1-2H3. The zero-order valence-electron chi connectivity index (χ0n) is 18.6. The number of carbonyl (C=O) groups excluding carboxylic acids is 1. The molecule has 2 aromatic carbocycles. The molecule has 0 atom stereocenters. The minimum absolute atomic E-state index is 0.0188. The van der Waals surface area contributed by atoms with Crippen molar-refractivity contribution in [2.45, 2.75) is 6.67 Å². The zero-order chi connectivity index (χ0) is 23.4. The van der Waals surface area contributed by atoms with Gasteiger partial charge in [0.2, 0.25) is 5.88 Å². The van der Waals surface area contributed by atoms with E-state index in [9.17, 15) is 9.90 Å². The summed E-state index contributed by atoms with van der Waals surface area (Å²) in [6.07, 6.45) is 0. The first-order valence-electron chi connectivity index (χ1n) is 10.6. The van der Waals surface area contributed by atoms with Crippen LogP contribution in [0.3, 0.4) is 0 Å². The van der Waals surface area contributed by atoms with Crippen LogP contribution in [-0.2, 0) is 11.5 Å². The summed E-state index contributed by atoms with van der Waals surface area (Å²) in [6.45, 7) is 4.03. The maximum atomic E-state index is 12.3. The average molecular weight is 516 g/mol. The number of carbonyl (C=O) groups is 1. The maximum Gasteiger partial charge on any atom is 0.302 e. The first-order chi connectivity index (χ1) is 15.9. The Balaban J connectivity index is 1.51. The number of hydrogen-bond acceptors (Lipinski definition) is 7. The lowest BCUT2D eigenvalue weighted by atomic mass is 10.2. The van der Waals surface area contributed by atoms with E-state index in [1.165, 1.54) is 0 Å². The van der Waals surface area contributed by atoms with Crippen molar-refractivity contribution in [3.05, 3.63) is 46.9 Å². The van der Waals surface area contributed by atoms with Gasteiger partial charge in [0, 0.05) is 36.0 Å². The third kappa shape index (κ3) is 5.52. The molecule has 0 unspecified atom stereocenters. The van der Waals surface area contributed by atoms with E-state index in [-0.39, 0.29) is 18.2 Å². The van der Waals surface area contributed by atoms with Crippen LogP contribution in [0.1, 0.15) is 0 Å². The first kappa shape index (κ1) is 23.2. The molecular formula is C23H26BrN5O4. The molecule has 0 saturated carbocycles. The Kier molecular flexibility index (Phi) is 7.26. The number of likely N-dealkylation sites (N-methyl/N-ethyl adjacent to an activating group) is 1. The van der Waals surface area contributed by atoms with E-state index in [2.05, 4.69) is 43.0 Å². The second kappa shape index (κ2) is 10.3. The third-order valence-electron chi connectivity index (χ3n) is 5.59. The number of fused-ring (bicyclic) bond motifs is 1. The smallest absolute Gasteiger partial charge is 0.302 e. The van der Waals surface area contributed by atoms with Crippen LogP contribution < -0.4 is 9.47 Å². The third-order valence-corrected chi connectivity index (χ3v) is 6.09. The van der Waals surface area contributed by atoms with Crippen molar-refractivity contribution < 1.29 is 19.4 Å². The molecule has 0 bridgehead atoms. The van der Waals surface area contributed by atoms with E-state index in [1.54, 1.807) is 35.9 Å². The van der Waals surface area contributed by atoms with Gasteiger partial charge in [-0.2, -0.15) is 0 Å². The molecular weight excluding hydrogens is 490 g/mol. The van der Waals surface area contributed by atoms with Gasteiger partial charge >= 0.3 is 5.91 Å². The van der Waals surface area contributed by atoms with Crippen molar-refractivity contribution in [3.63, 3.8) is 0 Å². The summed E-state index contributed by atoms with van der Waals surface area (Å²) in [5.74, 6) is 0.646. The van der Waals surface area contributed by atoms with Gasteiger partial charge in [0.1, 0.15) is 11.5 Å². The lowest BCUT2D eigenvalue weighted by Crippen LogP contribution is -2.44. The summed E-state index contributed by atoms with van der Waals surface area (Å²) in [7, 11) is 3.68. The molecule has 4 rings (SSSR count). The van der Waals surface area contributed by atoms with Gasteiger partial charge in [-0.3, -0.25) is 14.3 Å². The van der Waals surface area contributed by atoms with Gasteiger partial charge in [-0.05, 0) is 49.5 Å². The number of aromatic nitrogens is 1. The monoisotopic (exact) mass is 515 g/mol. The first-order valence-corrected chi connectivity index (χ1v) is 11.4. The number of ether oxygens (including phenoxy) is 2. The molecule has 0 radical (unpaired) electrons. The van der Waals surface area contributed by atoms with Crippen molar-refractivity contribution >= 4 is 38.4 Å². The second-order valence-electron chi connectivity index (χ2n) is 7.88. The maximum absolute atomic E-state index is 12.3. The number of halogens is 1. The second-order valence-corrected chi connectivity index (χ2v) is 8.80. The molecule has 1 aliphatic rings. The molecule has 1 aromatic heterocycles. The van der Waals surface area contributed by atoms with Crippen molar-refractivity contribution in [2.75, 3.05) is 46.9 Å². The van der Waals surface area contributed by atoms with Gasteiger partial charge in [0.05, 0.1) is 19.3 Å². The van der Waals surface area contributed by atoms with Crippen molar-refractivity contribution in [1.82, 2.24) is 14.4 Å². The van der Waals surface area contributed by atoms with Gasteiger partial charge in [-0.1, -0.05) is 15.9 Å². The molecule has 1 saturated heterocycles. The molecule has 10 heteroatoms. The Labute approximate surface area is 200 Å². The van der Waals surface area contributed by atoms with Gasteiger partial charge in [0.25, 0.3) is 0 Å². The van der Waals surface area contributed by atoms with Crippen molar-refractivity contribution in [3.8, 4) is 17.4 Å². The topological polar surface area (TPSA) is 91.9 Å². The van der Waals surface area contributed by atoms with Crippen LogP contribution >= 0.6 is 15.9 Å². The van der Waals surface area contributed by atoms with Crippen LogP contribution in [0.5, 0.6) is 17.4 Å². The predicted octanol–water partition coefficient (Wildman–Crippen LogP) is 4.01. The van der Waals surface area contributed by atoms with Gasteiger partial charge in [-0.15, -0.1) is 10.2 Å². The molecule has 2 heterocycles. The van der Waals surface area contributed by atoms with E-state index in [4.69, 9.17) is 9.47 Å². The minimum Gasteiger partial charge on any atom is -0.497 e. The number of aromatic hydroxyl groups is 1. The summed E-state index contributed by atoms with van der Waals surface area (Å²) in [6, 6.07) is 12.6. The van der Waals surface area contributed by atoms with Gasteiger partial charge in [-0.25, -0.2) is 0 Å². The highest BCUT2D eigenvalue weighted by Gasteiger charge is 2.21. The molecule has 0 aliphatic carbocycles. The van der Waals surface area contributed by atoms with Gasteiger partial charge in [0.15, 0.2) is 12.3 Å². The highest BCUT2D eigenvalue weighted by atomic mass is 79.9. The minimum atomic E-state index is -0.555. The summed E-state index contributed by atoms with van der Waals surface area (Å²) in [5.41, 5.74) is 1.09. The molecule has 9 nitrogen and oxygen atoms in total. The highest BCUT2D eigenvalue weighted by Crippen LogP contribution is 2.40. The quantitative estimate of drug-likeness (QED) is 0.478. The number of methoxy groups -OCH3 is 1. The molecule has 1 aliphatic heterocycles. The summed E-state index contributed by atoms with van der Waals surface area (Å²) >= 11 is 3.47. The fourth-order valence-corrected chi connectivity index (χ4v) is 4.04. The van der Waals surface area contributed by atoms with E-state index in [0.717, 1.165) is 36.2 Å². The van der Waals surface area contributed by atoms with Crippen LogP contribution in [0, 0.1) is 0 Å². The molecule has 1 N–H and O–H groups in total. The molecule has 1 fully saturated rings. The SMILES string of the molecule is COc1ccc(OCC(=O)N=Nc2c(O)n(CN3CCN(C)CC3)c3ccc(Br)cc23)cc1. The van der Waals surface area contributed by atoms with E-state index >= 15 is 0 Å². The summed E-state index contributed by atoms with van der Waals surface area (Å²) in [4.78, 5) is 16.8. The number of benzene rings is 2. The molecule has 174 valence electrons. The lowest BCUT2D eigenvalue weighted by Gasteiger charge is -2.32. The number of hydrogen-bond donors (Lipinski definition) is 1. The van der Waals surface area contributed by atoms with E-state index < -0.39 is 5.91 Å². The highest BCUT2D eigenvalue weighted by molar-refractivity contribution is 9.10. The van der Waals surface area contributed by atoms with Gasteiger partial charge < -0.3 is 19.5 Å². The Hall–Kier alpha value is -2.95. The number of rotatable bonds is 7. The molecule has 1 amide bonds. The average Bonchev–Trinajstić information content (AvgIpc) is 3.07. The lowest BCUT2D eigenvalue weighted by molar-refractivity contribution is -0.120. The van der Waals surface area contributed by atoms with Crippen LogP contribution in [0.2, 0.25) is 0 Å². The normalized spacial score (nSPS) is 15.4. The Morgan fingerprint density at radius 2 is 1.79 bits per heavy atom. The van der Waals surface area contributed by atoms with E-state index in [0.29, 0.717) is 23.6 Å².